The largest absolute Gasteiger partial charge is 0.338 e. The monoisotopic (exact) mass is 382 g/mol. The summed E-state index contributed by atoms with van der Waals surface area (Å²) in [7, 11) is 0. The average Bonchev–Trinajstić information content (AvgIpc) is 2.99. The van der Waals surface area contributed by atoms with Crippen molar-refractivity contribution in [2.45, 2.75) is 32.4 Å². The minimum atomic E-state index is -0.623. The molecule has 0 bridgehead atoms. The Morgan fingerprint density at radius 3 is 2.57 bits per heavy atom. The average molecular weight is 382 g/mol. The molecule has 2 aromatic carbocycles. The van der Waals surface area contributed by atoms with Gasteiger partial charge < -0.3 is 10.2 Å². The fourth-order valence-electron chi connectivity index (χ4n) is 3.82. The molecule has 4 rings (SSSR count). The molecular formula is C21H23FN4O2. The zero-order valence-electron chi connectivity index (χ0n) is 16.0. The second-order valence-electron chi connectivity index (χ2n) is 7.55. The van der Waals surface area contributed by atoms with Crippen LogP contribution in [0, 0.1) is 19.7 Å². The lowest BCUT2D eigenvalue weighted by molar-refractivity contribution is 0.0640. The summed E-state index contributed by atoms with van der Waals surface area (Å²) < 4.78 is 13.5. The maximum absolute atomic E-state index is 13.5. The Balaban J connectivity index is 1.46. The Morgan fingerprint density at radius 2 is 1.86 bits per heavy atom. The maximum atomic E-state index is 13.5. The molecule has 0 radical (unpaired) electrons. The molecule has 0 saturated carbocycles. The molecule has 7 heteroatoms. The molecule has 3 amide bonds. The van der Waals surface area contributed by atoms with Crippen molar-refractivity contribution in [1.29, 1.82) is 0 Å². The van der Waals surface area contributed by atoms with Gasteiger partial charge in [-0.1, -0.05) is 23.8 Å². The fraction of sp³-hybridized carbons (Fsp3) is 0.333. The maximum Gasteiger partial charge on any atom is 0.338 e. The lowest BCUT2D eigenvalue weighted by Gasteiger charge is -2.39. The summed E-state index contributed by atoms with van der Waals surface area (Å²) in [5, 5.41) is 4.31. The van der Waals surface area contributed by atoms with Gasteiger partial charge >= 0.3 is 6.03 Å². The smallest absolute Gasteiger partial charge is 0.338 e. The normalized spacial score (nSPS) is 18.5. The Labute approximate surface area is 163 Å². The third-order valence-electron chi connectivity index (χ3n) is 5.47. The van der Waals surface area contributed by atoms with E-state index >= 15 is 0 Å². The lowest BCUT2D eigenvalue weighted by Crippen LogP contribution is -2.58. The number of piperidine rings is 1. The summed E-state index contributed by atoms with van der Waals surface area (Å²) in [6, 6.07) is 11.4. The molecule has 2 fully saturated rings. The van der Waals surface area contributed by atoms with Crippen molar-refractivity contribution in [2.24, 2.45) is 0 Å². The molecule has 0 aromatic heterocycles. The van der Waals surface area contributed by atoms with E-state index in [0.29, 0.717) is 31.6 Å². The minimum Gasteiger partial charge on any atom is -0.338 e. The molecule has 6 nitrogen and oxygen atoms in total. The summed E-state index contributed by atoms with van der Waals surface area (Å²) in [4.78, 5) is 27.2. The molecule has 146 valence electrons. The number of carbonyl (C=O) groups is 2. The number of hydrogen-bond donors (Lipinski definition) is 2. The van der Waals surface area contributed by atoms with Crippen LogP contribution in [0.1, 0.15) is 34.3 Å². The number of nitrogens with one attached hydrogen (secondary N) is 2. The molecule has 2 aliphatic rings. The van der Waals surface area contributed by atoms with Crippen LogP contribution < -0.4 is 15.8 Å². The number of anilines is 1. The number of rotatable bonds is 2. The summed E-state index contributed by atoms with van der Waals surface area (Å²) in [5.74, 6) is -0.385. The lowest BCUT2D eigenvalue weighted by atomic mass is 9.96. The predicted octanol–water partition coefficient (Wildman–Crippen LogP) is 3.11. The van der Waals surface area contributed by atoms with Gasteiger partial charge in [0.1, 0.15) is 11.5 Å². The van der Waals surface area contributed by atoms with E-state index in [1.807, 2.05) is 36.9 Å². The van der Waals surface area contributed by atoms with Crippen LogP contribution in [-0.4, -0.2) is 35.6 Å². The summed E-state index contributed by atoms with van der Waals surface area (Å²) in [6.45, 7) is 4.96. The molecule has 0 unspecified atom stereocenters. The van der Waals surface area contributed by atoms with Gasteiger partial charge in [0.05, 0.1) is 5.69 Å². The molecule has 2 N–H and O–H groups in total. The van der Waals surface area contributed by atoms with E-state index < -0.39 is 11.5 Å². The van der Waals surface area contributed by atoms with Crippen LogP contribution in [0.25, 0.3) is 0 Å². The molecule has 1 spiro atoms. The number of carbonyl (C=O) groups excluding carboxylic acids is 2. The van der Waals surface area contributed by atoms with Crippen LogP contribution >= 0.6 is 0 Å². The van der Waals surface area contributed by atoms with Gasteiger partial charge in [-0.2, -0.15) is 0 Å². The topological polar surface area (TPSA) is 64.7 Å². The molecule has 0 aliphatic carbocycles. The van der Waals surface area contributed by atoms with Crippen LogP contribution in [-0.2, 0) is 0 Å². The van der Waals surface area contributed by atoms with Crippen LogP contribution in [0.5, 0.6) is 0 Å². The van der Waals surface area contributed by atoms with Gasteiger partial charge in [0, 0.05) is 31.5 Å². The van der Waals surface area contributed by atoms with Crippen molar-refractivity contribution < 1.29 is 14.0 Å². The highest BCUT2D eigenvalue weighted by Gasteiger charge is 2.45. The number of urea groups is 1. The number of aryl methyl sites for hydroxylation is 2. The van der Waals surface area contributed by atoms with E-state index in [0.717, 1.165) is 16.7 Å². The highest BCUT2D eigenvalue weighted by molar-refractivity contribution is 5.96. The van der Waals surface area contributed by atoms with Gasteiger partial charge in [0.2, 0.25) is 0 Å². The van der Waals surface area contributed by atoms with Gasteiger partial charge in [0.25, 0.3) is 5.91 Å². The molecule has 2 saturated heterocycles. The zero-order chi connectivity index (χ0) is 19.9. The molecule has 28 heavy (non-hydrogen) atoms. The predicted molar refractivity (Wildman–Crippen MR) is 104 cm³/mol. The summed E-state index contributed by atoms with van der Waals surface area (Å²) in [5.41, 5.74) is 5.75. The van der Waals surface area contributed by atoms with Crippen molar-refractivity contribution in [2.75, 3.05) is 18.1 Å². The Hall–Kier alpha value is -2.93. The number of hydrogen-bond acceptors (Lipinski definition) is 3. The van der Waals surface area contributed by atoms with E-state index in [2.05, 4.69) is 10.7 Å². The SMILES string of the molecule is Cc1ccc(C)c(C(=O)N2CCC3(CC2)NC(=O)N(c2cccc(F)c2)N3)c1. The van der Waals surface area contributed by atoms with E-state index in [1.54, 1.807) is 12.1 Å². The van der Waals surface area contributed by atoms with Crippen LogP contribution in [0.4, 0.5) is 14.9 Å². The molecule has 2 aromatic rings. The van der Waals surface area contributed by atoms with Crippen molar-refractivity contribution in [3.8, 4) is 0 Å². The third kappa shape index (κ3) is 3.33. The van der Waals surface area contributed by atoms with Crippen LogP contribution in [0.2, 0.25) is 0 Å². The Kier molecular flexibility index (Phi) is 4.55. The second-order valence-corrected chi connectivity index (χ2v) is 7.55. The first-order chi connectivity index (χ1) is 13.4. The second kappa shape index (κ2) is 6.91. The number of benzene rings is 2. The van der Waals surface area contributed by atoms with Crippen molar-refractivity contribution in [1.82, 2.24) is 15.6 Å². The molecule has 2 heterocycles. The van der Waals surface area contributed by atoms with Gasteiger partial charge in [-0.3, -0.25) is 4.79 Å². The highest BCUT2D eigenvalue weighted by atomic mass is 19.1. The van der Waals surface area contributed by atoms with E-state index in [9.17, 15) is 14.0 Å². The highest BCUT2D eigenvalue weighted by Crippen LogP contribution is 2.28. The number of nitrogens with zero attached hydrogens (tertiary/aromatic N) is 2. The quantitative estimate of drug-likeness (QED) is 0.839. The molecule has 2 aliphatic heterocycles. The zero-order valence-corrected chi connectivity index (χ0v) is 16.0. The first kappa shape index (κ1) is 18.4. The fourth-order valence-corrected chi connectivity index (χ4v) is 3.82. The van der Waals surface area contributed by atoms with Crippen LogP contribution in [0.3, 0.4) is 0 Å². The van der Waals surface area contributed by atoms with Crippen molar-refractivity contribution in [3.63, 3.8) is 0 Å². The van der Waals surface area contributed by atoms with E-state index in [-0.39, 0.29) is 11.9 Å². The van der Waals surface area contributed by atoms with Crippen LogP contribution in [0.15, 0.2) is 42.5 Å². The number of halogens is 1. The molecule has 0 atom stereocenters. The number of amides is 3. The summed E-state index contributed by atoms with van der Waals surface area (Å²) in [6.07, 6.45) is 1.14. The van der Waals surface area contributed by atoms with E-state index in [1.165, 1.54) is 17.1 Å². The first-order valence-corrected chi connectivity index (χ1v) is 9.39. The van der Waals surface area contributed by atoms with Crippen molar-refractivity contribution in [3.05, 3.63) is 65.0 Å². The number of hydrazine groups is 1. The molecular weight excluding hydrogens is 359 g/mol. The number of likely N-dealkylation sites (tertiary alicyclic amines) is 1. The summed E-state index contributed by atoms with van der Waals surface area (Å²) >= 11 is 0. The van der Waals surface area contributed by atoms with Crippen molar-refractivity contribution >= 4 is 17.6 Å². The first-order valence-electron chi connectivity index (χ1n) is 9.39. The standard InChI is InChI=1S/C21H23FN4O2/c1-14-6-7-15(2)18(12-14)19(27)25-10-8-21(9-11-25)23-20(28)26(24-21)17-5-3-4-16(22)13-17/h3-7,12-13,24H,8-11H2,1-2H3,(H,23,28). The van der Waals surface area contributed by atoms with Gasteiger partial charge in [-0.05, 0) is 43.7 Å². The van der Waals surface area contributed by atoms with E-state index in [4.69, 9.17) is 0 Å². The Morgan fingerprint density at radius 1 is 1.11 bits per heavy atom. The Bertz CT molecular complexity index is 938. The van der Waals surface area contributed by atoms with Gasteiger partial charge in [-0.15, -0.1) is 0 Å². The minimum absolute atomic E-state index is 0.0161. The third-order valence-corrected chi connectivity index (χ3v) is 5.47. The van der Waals surface area contributed by atoms with Gasteiger partial charge in [-0.25, -0.2) is 19.6 Å². The van der Waals surface area contributed by atoms with Gasteiger partial charge in [0.15, 0.2) is 0 Å².